The van der Waals surface area contributed by atoms with E-state index in [0.717, 1.165) is 0 Å². The third-order valence-corrected chi connectivity index (χ3v) is 5.10. The van der Waals surface area contributed by atoms with Crippen molar-refractivity contribution in [1.29, 1.82) is 0 Å². The van der Waals surface area contributed by atoms with E-state index in [1.165, 1.54) is 35.7 Å². The van der Waals surface area contributed by atoms with Gasteiger partial charge < -0.3 is 0 Å². The van der Waals surface area contributed by atoms with Gasteiger partial charge in [0, 0.05) is 5.38 Å². The van der Waals surface area contributed by atoms with Crippen LogP contribution in [0.1, 0.15) is 55.0 Å². The fourth-order valence-corrected chi connectivity index (χ4v) is 4.20. The zero-order valence-electron chi connectivity index (χ0n) is 8.82. The molecule has 1 aliphatic rings. The van der Waals surface area contributed by atoms with E-state index < -0.39 is 0 Å². The Bertz CT molecular complexity index is 287. The minimum absolute atomic E-state index is 0.577. The molecule has 1 fully saturated rings. The summed E-state index contributed by atoms with van der Waals surface area (Å²) in [6.07, 6.45) is 4.10. The summed E-state index contributed by atoms with van der Waals surface area (Å²) >= 11 is 3.94. The molecule has 0 aliphatic carbocycles. The van der Waals surface area contributed by atoms with Gasteiger partial charge in [0.1, 0.15) is 5.01 Å². The predicted molar refractivity (Wildman–Crippen MR) is 65.3 cm³/mol. The Labute approximate surface area is 94.3 Å². The van der Waals surface area contributed by atoms with Gasteiger partial charge in [-0.2, -0.15) is 11.8 Å². The van der Waals surface area contributed by atoms with Crippen LogP contribution in [-0.2, 0) is 0 Å². The highest BCUT2D eigenvalue weighted by Crippen LogP contribution is 2.39. The van der Waals surface area contributed by atoms with Gasteiger partial charge in [0.15, 0.2) is 0 Å². The van der Waals surface area contributed by atoms with Crippen LogP contribution in [0.5, 0.6) is 0 Å². The minimum Gasteiger partial charge on any atom is -0.245 e. The molecule has 2 heterocycles. The highest BCUT2D eigenvalue weighted by atomic mass is 32.2. The standard InChI is InChI=1S/C11H17NS2/c1-8(2)9-7-14-11(12-9)10-5-3-4-6-13-10/h7-8,10H,3-6H2,1-2H3. The Morgan fingerprint density at radius 3 is 2.86 bits per heavy atom. The SMILES string of the molecule is CC(C)c1csc(C2CCCCS2)n1. The van der Waals surface area contributed by atoms with Gasteiger partial charge in [0.05, 0.1) is 10.9 Å². The Kier molecular flexibility index (Phi) is 3.50. The fourth-order valence-electron chi connectivity index (χ4n) is 1.65. The van der Waals surface area contributed by atoms with Crippen LogP contribution in [0.2, 0.25) is 0 Å². The van der Waals surface area contributed by atoms with Gasteiger partial charge in [0.2, 0.25) is 0 Å². The van der Waals surface area contributed by atoms with Crippen molar-refractivity contribution in [3.8, 4) is 0 Å². The van der Waals surface area contributed by atoms with E-state index >= 15 is 0 Å². The normalized spacial score (nSPS) is 22.9. The largest absolute Gasteiger partial charge is 0.245 e. The molecule has 0 bridgehead atoms. The predicted octanol–water partition coefficient (Wildman–Crippen LogP) is 4.22. The number of hydrogen-bond donors (Lipinski definition) is 0. The van der Waals surface area contributed by atoms with Crippen molar-refractivity contribution in [2.24, 2.45) is 0 Å². The van der Waals surface area contributed by atoms with Crippen molar-refractivity contribution < 1.29 is 0 Å². The summed E-state index contributed by atoms with van der Waals surface area (Å²) in [6, 6.07) is 0. The van der Waals surface area contributed by atoms with Crippen LogP contribution < -0.4 is 0 Å². The lowest BCUT2D eigenvalue weighted by Crippen LogP contribution is -2.02. The van der Waals surface area contributed by atoms with Crippen molar-refractivity contribution >= 4 is 23.1 Å². The molecule has 78 valence electrons. The summed E-state index contributed by atoms with van der Waals surface area (Å²) in [7, 11) is 0. The van der Waals surface area contributed by atoms with Crippen molar-refractivity contribution in [2.75, 3.05) is 5.75 Å². The molecule has 0 saturated carbocycles. The Hall–Kier alpha value is -0.0200. The van der Waals surface area contributed by atoms with Gasteiger partial charge in [-0.15, -0.1) is 11.3 Å². The molecule has 1 atom stereocenters. The number of nitrogens with zero attached hydrogens (tertiary/aromatic N) is 1. The molecule has 14 heavy (non-hydrogen) atoms. The molecule has 0 amide bonds. The first-order valence-electron chi connectivity index (χ1n) is 5.34. The highest BCUT2D eigenvalue weighted by molar-refractivity contribution is 7.99. The molecule has 3 heteroatoms. The number of aromatic nitrogens is 1. The first-order valence-corrected chi connectivity index (χ1v) is 7.27. The first kappa shape index (κ1) is 10.5. The quantitative estimate of drug-likeness (QED) is 0.750. The van der Waals surface area contributed by atoms with E-state index in [9.17, 15) is 0 Å². The lowest BCUT2D eigenvalue weighted by atomic mass is 10.1. The van der Waals surface area contributed by atoms with Crippen LogP contribution in [0.25, 0.3) is 0 Å². The molecule has 2 rings (SSSR count). The number of thioether (sulfide) groups is 1. The lowest BCUT2D eigenvalue weighted by molar-refractivity contribution is 0.680. The second-order valence-corrected chi connectivity index (χ2v) is 6.32. The van der Waals surface area contributed by atoms with Gasteiger partial charge in [-0.3, -0.25) is 0 Å². The highest BCUT2D eigenvalue weighted by Gasteiger charge is 2.19. The Balaban J connectivity index is 2.07. The van der Waals surface area contributed by atoms with Gasteiger partial charge >= 0.3 is 0 Å². The van der Waals surface area contributed by atoms with E-state index in [4.69, 9.17) is 4.98 Å². The fraction of sp³-hybridized carbons (Fsp3) is 0.727. The van der Waals surface area contributed by atoms with E-state index in [0.29, 0.717) is 11.2 Å². The maximum absolute atomic E-state index is 4.73. The monoisotopic (exact) mass is 227 g/mol. The number of rotatable bonds is 2. The van der Waals surface area contributed by atoms with Gasteiger partial charge in [-0.05, 0) is 24.5 Å². The molecule has 1 saturated heterocycles. The molecule has 0 N–H and O–H groups in total. The van der Waals surface area contributed by atoms with Crippen molar-refractivity contribution in [3.63, 3.8) is 0 Å². The molecule has 1 aromatic rings. The topological polar surface area (TPSA) is 12.9 Å². The van der Waals surface area contributed by atoms with Crippen LogP contribution >= 0.6 is 23.1 Å². The van der Waals surface area contributed by atoms with E-state index in [-0.39, 0.29) is 0 Å². The summed E-state index contributed by atoms with van der Waals surface area (Å²) in [5, 5.41) is 4.29. The Morgan fingerprint density at radius 2 is 2.29 bits per heavy atom. The van der Waals surface area contributed by atoms with Crippen LogP contribution in [-0.4, -0.2) is 10.7 Å². The summed E-state index contributed by atoms with van der Waals surface area (Å²) in [5.41, 5.74) is 1.27. The van der Waals surface area contributed by atoms with Crippen LogP contribution in [0.15, 0.2) is 5.38 Å². The summed E-state index contributed by atoms with van der Waals surface area (Å²) in [6.45, 7) is 4.43. The third kappa shape index (κ3) is 2.31. The molecule has 0 spiro atoms. The van der Waals surface area contributed by atoms with E-state index in [2.05, 4.69) is 31.0 Å². The maximum atomic E-state index is 4.73. The zero-order valence-corrected chi connectivity index (χ0v) is 10.5. The van der Waals surface area contributed by atoms with Crippen molar-refractivity contribution in [3.05, 3.63) is 16.1 Å². The van der Waals surface area contributed by atoms with Gasteiger partial charge in [-0.25, -0.2) is 4.98 Å². The Morgan fingerprint density at radius 1 is 1.43 bits per heavy atom. The lowest BCUT2D eigenvalue weighted by Gasteiger charge is -2.18. The molecular weight excluding hydrogens is 210 g/mol. The van der Waals surface area contributed by atoms with E-state index in [1.807, 2.05) is 11.3 Å². The van der Waals surface area contributed by atoms with Crippen LogP contribution in [0.4, 0.5) is 0 Å². The third-order valence-electron chi connectivity index (χ3n) is 2.59. The maximum Gasteiger partial charge on any atom is 0.106 e. The minimum atomic E-state index is 0.577. The summed E-state index contributed by atoms with van der Waals surface area (Å²) in [5.74, 6) is 1.90. The molecule has 1 aliphatic heterocycles. The van der Waals surface area contributed by atoms with Gasteiger partial charge in [-0.1, -0.05) is 20.3 Å². The first-order chi connectivity index (χ1) is 6.77. The van der Waals surface area contributed by atoms with Crippen LogP contribution in [0.3, 0.4) is 0 Å². The smallest absolute Gasteiger partial charge is 0.106 e. The molecular formula is C11H17NS2. The van der Waals surface area contributed by atoms with Crippen molar-refractivity contribution in [1.82, 2.24) is 4.98 Å². The molecule has 0 aromatic carbocycles. The van der Waals surface area contributed by atoms with Gasteiger partial charge in [0.25, 0.3) is 0 Å². The van der Waals surface area contributed by atoms with Crippen molar-refractivity contribution in [2.45, 2.75) is 44.3 Å². The van der Waals surface area contributed by atoms with E-state index in [1.54, 1.807) is 0 Å². The molecule has 1 nitrogen and oxygen atoms in total. The second-order valence-electron chi connectivity index (χ2n) is 4.12. The summed E-state index contributed by atoms with van der Waals surface area (Å²) < 4.78 is 0. The average Bonchev–Trinajstić information content (AvgIpc) is 2.68. The number of hydrogen-bond acceptors (Lipinski definition) is 3. The molecule has 1 unspecified atom stereocenters. The zero-order chi connectivity index (χ0) is 9.97. The van der Waals surface area contributed by atoms with Crippen LogP contribution in [0, 0.1) is 0 Å². The average molecular weight is 227 g/mol. The number of thiazole rings is 1. The summed E-state index contributed by atoms with van der Waals surface area (Å²) in [4.78, 5) is 4.73. The molecule has 1 aromatic heterocycles. The second kappa shape index (κ2) is 4.67. The molecule has 0 radical (unpaired) electrons.